The summed E-state index contributed by atoms with van der Waals surface area (Å²) in [6, 6.07) is 5.19. The van der Waals surface area contributed by atoms with E-state index in [1.165, 1.54) is 6.07 Å². The molecular formula is C14H18FN3. The van der Waals surface area contributed by atoms with Crippen molar-refractivity contribution >= 4 is 5.69 Å². The number of anilines is 1. The highest BCUT2D eigenvalue weighted by Crippen LogP contribution is 2.15. The van der Waals surface area contributed by atoms with Gasteiger partial charge in [-0.15, -0.1) is 0 Å². The molecule has 0 spiro atoms. The number of nitrogens with zero attached hydrogens (tertiary/aromatic N) is 2. The molecule has 2 aromatic rings. The first-order valence-electron chi connectivity index (χ1n) is 6.13. The number of nitrogens with one attached hydrogen (secondary N) is 1. The summed E-state index contributed by atoms with van der Waals surface area (Å²) >= 11 is 0. The van der Waals surface area contributed by atoms with Gasteiger partial charge in [0.25, 0.3) is 0 Å². The molecule has 0 saturated carbocycles. The Kier molecular flexibility index (Phi) is 3.65. The maximum absolute atomic E-state index is 13.4. The fraction of sp³-hybridized carbons (Fsp3) is 0.357. The van der Waals surface area contributed by atoms with Gasteiger partial charge in [-0.3, -0.25) is 4.68 Å². The number of aryl methyl sites for hydroxylation is 3. The normalized spacial score (nSPS) is 10.7. The summed E-state index contributed by atoms with van der Waals surface area (Å²) in [5.74, 6) is -0.180. The number of hydrogen-bond acceptors (Lipinski definition) is 2. The third-order valence-corrected chi connectivity index (χ3v) is 3.03. The maximum atomic E-state index is 13.4. The minimum Gasteiger partial charge on any atom is -0.381 e. The Morgan fingerprint density at radius 3 is 2.72 bits per heavy atom. The summed E-state index contributed by atoms with van der Waals surface area (Å²) in [4.78, 5) is 0. The predicted octanol–water partition coefficient (Wildman–Crippen LogP) is 3.27. The Balaban J connectivity index is 2.06. The molecule has 0 amide bonds. The zero-order valence-electron chi connectivity index (χ0n) is 11.0. The second-order valence-corrected chi connectivity index (χ2v) is 4.41. The van der Waals surface area contributed by atoms with E-state index in [4.69, 9.17) is 0 Å². The molecule has 1 N–H and O–H groups in total. The monoisotopic (exact) mass is 247 g/mol. The molecule has 0 aliphatic rings. The molecular weight excluding hydrogens is 229 g/mol. The Bertz CT molecular complexity index is 546. The molecule has 0 fully saturated rings. The lowest BCUT2D eigenvalue weighted by Crippen LogP contribution is -2.00. The van der Waals surface area contributed by atoms with Crippen LogP contribution in [0.4, 0.5) is 10.1 Å². The van der Waals surface area contributed by atoms with Gasteiger partial charge in [0.1, 0.15) is 5.82 Å². The highest BCUT2D eigenvalue weighted by Gasteiger charge is 2.04. The van der Waals surface area contributed by atoms with Crippen molar-refractivity contribution in [2.45, 2.75) is 33.9 Å². The first-order valence-corrected chi connectivity index (χ1v) is 6.13. The Morgan fingerprint density at radius 2 is 2.11 bits per heavy atom. The average molecular weight is 247 g/mol. The van der Waals surface area contributed by atoms with E-state index in [-0.39, 0.29) is 5.82 Å². The highest BCUT2D eigenvalue weighted by molar-refractivity contribution is 5.45. The largest absolute Gasteiger partial charge is 0.381 e. The van der Waals surface area contributed by atoms with Crippen molar-refractivity contribution in [3.05, 3.63) is 47.0 Å². The van der Waals surface area contributed by atoms with Crippen molar-refractivity contribution in [3.63, 3.8) is 0 Å². The number of benzene rings is 1. The van der Waals surface area contributed by atoms with Crippen LogP contribution in [-0.4, -0.2) is 9.78 Å². The fourth-order valence-electron chi connectivity index (χ4n) is 1.79. The maximum Gasteiger partial charge on any atom is 0.128 e. The minimum absolute atomic E-state index is 0.180. The van der Waals surface area contributed by atoms with Crippen LogP contribution < -0.4 is 5.32 Å². The molecule has 0 bridgehead atoms. The van der Waals surface area contributed by atoms with E-state index in [9.17, 15) is 4.39 Å². The lowest BCUT2D eigenvalue weighted by Gasteiger charge is -2.06. The van der Waals surface area contributed by atoms with Crippen LogP contribution in [0.25, 0.3) is 0 Å². The average Bonchev–Trinajstić information content (AvgIpc) is 2.72. The summed E-state index contributed by atoms with van der Waals surface area (Å²) in [5, 5.41) is 7.59. The van der Waals surface area contributed by atoms with Gasteiger partial charge in [-0.25, -0.2) is 4.39 Å². The number of hydrogen-bond donors (Lipinski definition) is 1. The summed E-state index contributed by atoms with van der Waals surface area (Å²) in [6.07, 6.45) is 2.02. The number of aromatic nitrogens is 2. The van der Waals surface area contributed by atoms with Gasteiger partial charge in [0, 0.05) is 30.5 Å². The third-order valence-electron chi connectivity index (χ3n) is 3.03. The smallest absolute Gasteiger partial charge is 0.128 e. The summed E-state index contributed by atoms with van der Waals surface area (Å²) in [6.45, 7) is 7.32. The fourth-order valence-corrected chi connectivity index (χ4v) is 1.79. The molecule has 18 heavy (non-hydrogen) atoms. The van der Waals surface area contributed by atoms with Gasteiger partial charge in [0.15, 0.2) is 0 Å². The van der Waals surface area contributed by atoms with E-state index in [0.29, 0.717) is 12.1 Å². The molecule has 0 unspecified atom stereocenters. The minimum atomic E-state index is -0.180. The highest BCUT2D eigenvalue weighted by atomic mass is 19.1. The van der Waals surface area contributed by atoms with E-state index in [1.807, 2.05) is 23.9 Å². The topological polar surface area (TPSA) is 29.9 Å². The summed E-state index contributed by atoms with van der Waals surface area (Å²) < 4.78 is 15.3. The Morgan fingerprint density at radius 1 is 1.33 bits per heavy atom. The van der Waals surface area contributed by atoms with Crippen LogP contribution in [0.1, 0.15) is 23.7 Å². The van der Waals surface area contributed by atoms with E-state index >= 15 is 0 Å². The molecule has 1 aromatic carbocycles. The second kappa shape index (κ2) is 5.21. The van der Waals surface area contributed by atoms with E-state index in [2.05, 4.69) is 17.3 Å². The van der Waals surface area contributed by atoms with Crippen molar-refractivity contribution in [1.29, 1.82) is 0 Å². The van der Waals surface area contributed by atoms with Crippen molar-refractivity contribution < 1.29 is 4.39 Å². The van der Waals surface area contributed by atoms with Gasteiger partial charge in [0.05, 0.1) is 5.69 Å². The molecule has 96 valence electrons. The van der Waals surface area contributed by atoms with Crippen LogP contribution >= 0.6 is 0 Å². The zero-order chi connectivity index (χ0) is 13.1. The third kappa shape index (κ3) is 2.70. The molecule has 0 atom stereocenters. The van der Waals surface area contributed by atoms with Gasteiger partial charge in [0.2, 0.25) is 0 Å². The first kappa shape index (κ1) is 12.6. The molecule has 0 aliphatic carbocycles. The van der Waals surface area contributed by atoms with Crippen LogP contribution in [0.2, 0.25) is 0 Å². The van der Waals surface area contributed by atoms with Crippen LogP contribution in [0.15, 0.2) is 24.4 Å². The van der Waals surface area contributed by atoms with E-state index in [0.717, 1.165) is 23.5 Å². The molecule has 0 aliphatic heterocycles. The van der Waals surface area contributed by atoms with Crippen molar-refractivity contribution in [2.75, 3.05) is 5.32 Å². The lowest BCUT2D eigenvalue weighted by atomic mass is 10.2. The predicted molar refractivity (Wildman–Crippen MR) is 71.1 cm³/mol. The molecule has 0 radical (unpaired) electrons. The molecule has 1 heterocycles. The standard InChI is InChI=1S/C14H18FN3/c1-4-18-9-12(11(3)17-18)8-16-13-6-5-10(2)14(15)7-13/h5-7,9,16H,4,8H2,1-3H3. The van der Waals surface area contributed by atoms with Gasteiger partial charge in [-0.2, -0.15) is 5.10 Å². The second-order valence-electron chi connectivity index (χ2n) is 4.41. The van der Waals surface area contributed by atoms with Crippen molar-refractivity contribution in [1.82, 2.24) is 9.78 Å². The zero-order valence-corrected chi connectivity index (χ0v) is 11.0. The molecule has 4 heteroatoms. The Labute approximate surface area is 107 Å². The SMILES string of the molecule is CCn1cc(CNc2ccc(C)c(F)c2)c(C)n1. The molecule has 1 aromatic heterocycles. The Hall–Kier alpha value is -1.84. The van der Waals surface area contributed by atoms with Gasteiger partial charge < -0.3 is 5.32 Å². The first-order chi connectivity index (χ1) is 8.60. The molecule has 3 nitrogen and oxygen atoms in total. The summed E-state index contributed by atoms with van der Waals surface area (Å²) in [7, 11) is 0. The van der Waals surface area contributed by atoms with Gasteiger partial charge in [-0.1, -0.05) is 6.07 Å². The van der Waals surface area contributed by atoms with Crippen molar-refractivity contribution in [3.8, 4) is 0 Å². The summed E-state index contributed by atoms with van der Waals surface area (Å²) in [5.41, 5.74) is 3.60. The van der Waals surface area contributed by atoms with Crippen LogP contribution in [0, 0.1) is 19.7 Å². The quantitative estimate of drug-likeness (QED) is 0.898. The van der Waals surface area contributed by atoms with E-state index < -0.39 is 0 Å². The molecule has 2 rings (SSSR count). The van der Waals surface area contributed by atoms with Crippen LogP contribution in [0.5, 0.6) is 0 Å². The van der Waals surface area contributed by atoms with Crippen LogP contribution in [0.3, 0.4) is 0 Å². The van der Waals surface area contributed by atoms with E-state index in [1.54, 1.807) is 13.0 Å². The molecule has 0 saturated heterocycles. The van der Waals surface area contributed by atoms with Gasteiger partial charge >= 0.3 is 0 Å². The van der Waals surface area contributed by atoms with Gasteiger partial charge in [-0.05, 0) is 38.5 Å². The number of halogens is 1. The van der Waals surface area contributed by atoms with Crippen LogP contribution in [-0.2, 0) is 13.1 Å². The lowest BCUT2D eigenvalue weighted by molar-refractivity contribution is 0.619. The van der Waals surface area contributed by atoms with Crippen molar-refractivity contribution in [2.24, 2.45) is 0 Å². The number of rotatable bonds is 4.